The van der Waals surface area contributed by atoms with Gasteiger partial charge in [-0.2, -0.15) is 18.3 Å². The molecule has 0 aliphatic carbocycles. The van der Waals surface area contributed by atoms with Crippen molar-refractivity contribution in [1.82, 2.24) is 51.9 Å². The Morgan fingerprint density at radius 1 is 0.710 bits per heavy atom. The Labute approximate surface area is 729 Å². The van der Waals surface area contributed by atoms with Gasteiger partial charge in [0.15, 0.2) is 23.1 Å². The topological polar surface area (TPSA) is 464 Å². The first-order valence-electron chi connectivity index (χ1n) is 41.1. The molecular weight excluding hydrogens is 1650 g/mol. The van der Waals surface area contributed by atoms with Gasteiger partial charge in [-0.1, -0.05) is 110 Å². The lowest BCUT2D eigenvalue weighted by Crippen LogP contribution is -2.53. The number of ether oxygens (including phenoxy) is 2. The molecule has 0 bridgehead atoms. The van der Waals surface area contributed by atoms with E-state index in [9.17, 15) is 86.0 Å². The molecule has 2 aromatic heterocycles. The molecule has 9 N–H and O–H groups in total. The van der Waals surface area contributed by atoms with Crippen LogP contribution in [-0.4, -0.2) is 200 Å². The van der Waals surface area contributed by atoms with E-state index in [1.165, 1.54) is 39.3 Å². The molecule has 0 saturated carbocycles. The van der Waals surface area contributed by atoms with Crippen molar-refractivity contribution in [1.29, 1.82) is 5.26 Å². The maximum atomic E-state index is 14.8. The molecule has 6 amide bonds. The number of benzene rings is 4. The molecule has 124 heavy (non-hydrogen) atoms. The molecule has 2 unspecified atom stereocenters. The van der Waals surface area contributed by atoms with Crippen LogP contribution in [0.1, 0.15) is 171 Å². The fourth-order valence-electron chi connectivity index (χ4n) is 14.8. The van der Waals surface area contributed by atoms with Gasteiger partial charge in [0.2, 0.25) is 35.2 Å². The van der Waals surface area contributed by atoms with Crippen molar-refractivity contribution in [2.45, 2.75) is 192 Å². The maximum absolute atomic E-state index is 14.8. The molecule has 4 heterocycles. The number of carbonyl (C=O) groups is 12. The first kappa shape index (κ1) is 97.7. The zero-order valence-corrected chi connectivity index (χ0v) is 73.6. The number of hydrogen-bond donors (Lipinski definition) is 9. The van der Waals surface area contributed by atoms with Crippen LogP contribution in [0.4, 0.5) is 11.4 Å². The number of nitriles is 1. The average molecular weight is 1760 g/mol. The van der Waals surface area contributed by atoms with Gasteiger partial charge in [0.1, 0.15) is 42.7 Å². The predicted molar refractivity (Wildman–Crippen MR) is 468 cm³/mol. The first-order valence-corrected chi connectivity index (χ1v) is 45.1. The summed E-state index contributed by atoms with van der Waals surface area (Å²) in [6.07, 6.45) is 11.5. The van der Waals surface area contributed by atoms with Crippen molar-refractivity contribution in [3.05, 3.63) is 173 Å². The summed E-state index contributed by atoms with van der Waals surface area (Å²) >= 11 is 0. The number of hydrogen-bond acceptors (Lipinski definition) is 23. The van der Waals surface area contributed by atoms with Crippen molar-refractivity contribution in [2.75, 3.05) is 56.3 Å². The van der Waals surface area contributed by atoms with E-state index in [1.807, 2.05) is 69.3 Å². The number of ketones is 3. The van der Waals surface area contributed by atoms with Gasteiger partial charge in [-0.25, -0.2) is 4.98 Å². The number of aromatic nitrogens is 4. The van der Waals surface area contributed by atoms with E-state index in [2.05, 4.69) is 95.8 Å². The number of unbranched alkanes of at least 4 members (excludes halogenated alkanes) is 2. The summed E-state index contributed by atoms with van der Waals surface area (Å²) < 4.78 is 49.4. The second-order valence-corrected chi connectivity index (χ2v) is 36.0. The Morgan fingerprint density at radius 2 is 1.44 bits per heavy atom. The molecule has 32 nitrogen and oxygen atoms in total. The Kier molecular flexibility index (Phi) is 36.8. The largest absolute Gasteiger partial charge is 0.494 e. The van der Waals surface area contributed by atoms with Gasteiger partial charge in [-0.3, -0.25) is 66.8 Å². The monoisotopic (exact) mass is 1760 g/mol. The number of aliphatic carboxylic acids is 2. The number of para-hydroxylation sites is 1. The van der Waals surface area contributed by atoms with Crippen molar-refractivity contribution in [3.63, 3.8) is 0 Å². The fourth-order valence-corrected chi connectivity index (χ4v) is 17.3. The number of aryl methyl sites for hydroxylation is 2. The van der Waals surface area contributed by atoms with Crippen molar-refractivity contribution >= 4 is 131 Å². The van der Waals surface area contributed by atoms with Crippen LogP contribution < -0.4 is 41.5 Å². The van der Waals surface area contributed by atoms with Gasteiger partial charge in [-0.15, -0.1) is 5.10 Å². The number of pyridine rings is 1. The van der Waals surface area contributed by atoms with Crippen LogP contribution in [0, 0.1) is 29.1 Å². The van der Waals surface area contributed by atoms with Gasteiger partial charge in [0.25, 0.3) is 22.5 Å². The summed E-state index contributed by atoms with van der Waals surface area (Å²) in [5, 5.41) is 53.4. The van der Waals surface area contributed by atoms with E-state index in [1.54, 1.807) is 79.3 Å². The summed E-state index contributed by atoms with van der Waals surface area (Å²) in [6.45, 7) is 15.6. The smallest absolute Gasteiger partial charge is 0.305 e. The van der Waals surface area contributed by atoms with Crippen LogP contribution in [0.2, 0.25) is 0 Å². The molecule has 35 heteroatoms. The Hall–Kier alpha value is -11.7. The highest BCUT2D eigenvalue weighted by atomic mass is 33.1. The summed E-state index contributed by atoms with van der Waals surface area (Å²) in [4.78, 5) is 165. The van der Waals surface area contributed by atoms with E-state index in [-0.39, 0.29) is 66.6 Å². The van der Waals surface area contributed by atoms with E-state index < -0.39 is 149 Å². The lowest BCUT2D eigenvalue weighted by molar-refractivity contribution is -0.438. The number of Topliss-reactive ketones (excluding diaryl/α,β-unsaturated/α-hetero) is 3. The van der Waals surface area contributed by atoms with Gasteiger partial charge < -0.3 is 56.5 Å². The maximum Gasteiger partial charge on any atom is 0.305 e. The highest BCUT2D eigenvalue weighted by Crippen LogP contribution is 2.47. The number of carbonyl (C=O) groups excluding carboxylic acids is 10. The number of nitrogens with one attached hydrogen (secondary N) is 6. The SMILES string of the molecule is CCSSCC(CC(=O)[C@@H](COC=O)NC(=O)[C@H](CC(=O)[C@@H](CCC(=O)O)NC(=O)[C@@H](CC(=O)O)NC(C)=O)C(C)C)C(=O)NC(Cc1cn(CCCNC(=O)CCCCC[N+]2=C(/C=C/C=C/C=C3/N(C)c4ccccc4C3(C)C)C(C)(C)c3cc(S(=O)(=O)O)ccc32)nn1)C(=O)CCc1ccc(C(=O)NCCCOc2ccc3nc(C#N)ccc3c2)cc1. The Balaban J connectivity index is 0.906. The highest BCUT2D eigenvalue weighted by molar-refractivity contribution is 8.76. The number of nitrogens with zero attached hydrogens (tertiary/aromatic N) is 7. The molecule has 6 atom stereocenters. The third-order valence-electron chi connectivity index (χ3n) is 21.5. The molecule has 0 radical (unpaired) electrons. The fraction of sp³-hybridized carbons (Fsp3) is 0.449. The van der Waals surface area contributed by atoms with Crippen LogP contribution in [0.5, 0.6) is 5.75 Å². The van der Waals surface area contributed by atoms with Crippen LogP contribution in [-0.2, 0) is 97.8 Å². The van der Waals surface area contributed by atoms with Gasteiger partial charge in [0, 0.05) is 148 Å². The molecule has 0 saturated heterocycles. The number of anilines is 1. The van der Waals surface area contributed by atoms with E-state index in [0.29, 0.717) is 97.9 Å². The Bertz CT molecular complexity index is 5150. The predicted octanol–water partition coefficient (Wildman–Crippen LogP) is 9.13. The summed E-state index contributed by atoms with van der Waals surface area (Å²) in [5.41, 5.74) is 7.52. The second kappa shape index (κ2) is 46.7. The van der Waals surface area contributed by atoms with E-state index in [0.717, 1.165) is 40.7 Å². The van der Waals surface area contributed by atoms with E-state index in [4.69, 9.17) is 9.47 Å². The van der Waals surface area contributed by atoms with Crippen LogP contribution >= 0.6 is 21.6 Å². The number of carboxylic acids is 2. The van der Waals surface area contributed by atoms with Gasteiger partial charge in [0.05, 0.1) is 52.6 Å². The minimum Gasteiger partial charge on any atom is -0.494 e. The minimum atomic E-state index is -4.49. The quantitative estimate of drug-likeness (QED) is 0.00429. The average Bonchev–Trinajstić information content (AvgIpc) is 1.59. The lowest BCUT2D eigenvalue weighted by Gasteiger charge is -2.27. The number of fused-ring (bicyclic) bond motifs is 3. The summed E-state index contributed by atoms with van der Waals surface area (Å²) in [6, 6.07) is 24.3. The zero-order valence-electron chi connectivity index (χ0n) is 71.1. The molecule has 2 aliphatic heterocycles. The third-order valence-corrected chi connectivity index (χ3v) is 25.0. The molecular formula is C89H110N13O19S3+. The molecule has 662 valence electrons. The van der Waals surface area contributed by atoms with Crippen LogP contribution in [0.15, 0.2) is 144 Å². The molecule has 8 rings (SSSR count). The van der Waals surface area contributed by atoms with Crippen molar-refractivity contribution < 1.29 is 94.8 Å². The standard InChI is InChI=1S/C89H109N13O19S3/c1-10-122-123-54-61(46-77(106)73(53-120-55-103)97-86(115)66(56(2)3)49-78(107)70(36-39-82(109)110)95-87(116)72(50-83(111)112)93-57(4)104)85(114)96-71(76(105)38-28-58-26-29-59(30-27-58)84(113)92-41-20-44-121-64-33-35-69-60(45-64)31-32-62(51-90)94-69)47-63-52-101(99-98-63)42-19-40-91-81(108)25-15-12-18-43-102-75-37-34-65(124(117,118)119)48-68(75)89(7,8)80(102)24-14-11-13-23-79-88(5,6)67-21-16-17-22-74(67)100(79)9/h11,13-14,16-17,21-24,26-27,29-35,37,45,48,52,55-56,61,66,70-73H,10,12,15,18-20,25,28,36,38-44,46-47,49-50,53-54H2,1-9H3,(H8-,91,92,93,95,96,97,104,108,109,110,111,112,113,114,115,116,117,118,119)/p+1/t61?,66-,70-,71?,72-,73-/m1/s1. The molecule has 0 fully saturated rings. The molecule has 2 aliphatic rings. The van der Waals surface area contributed by atoms with E-state index >= 15 is 0 Å². The number of amides is 6. The van der Waals surface area contributed by atoms with Crippen molar-refractivity contribution in [2.24, 2.45) is 17.8 Å². The molecule has 6 aromatic rings. The third kappa shape index (κ3) is 28.4. The number of likely N-dealkylation sites (N-methyl/N-ethyl adjacent to an activating group) is 1. The summed E-state index contributed by atoms with van der Waals surface area (Å²) in [5.74, 6) is -10.8. The second-order valence-electron chi connectivity index (χ2n) is 31.8. The summed E-state index contributed by atoms with van der Waals surface area (Å²) in [7, 11) is 0.223. The van der Waals surface area contributed by atoms with Crippen molar-refractivity contribution in [3.8, 4) is 11.8 Å². The molecule has 0 spiro atoms. The first-order chi connectivity index (χ1) is 59.0. The number of rotatable bonds is 52. The van der Waals surface area contributed by atoms with Crippen LogP contribution in [0.25, 0.3) is 10.9 Å². The Morgan fingerprint density at radius 3 is 2.13 bits per heavy atom. The zero-order chi connectivity index (χ0) is 90.4. The highest BCUT2D eigenvalue weighted by Gasteiger charge is 2.45. The minimum absolute atomic E-state index is 0.00756. The normalized spacial score (nSPS) is 15.1. The molecule has 4 aromatic carbocycles. The van der Waals surface area contributed by atoms with Crippen LogP contribution in [0.3, 0.4) is 0 Å². The lowest BCUT2D eigenvalue weighted by atomic mass is 9.81. The van der Waals surface area contributed by atoms with Gasteiger partial charge >= 0.3 is 11.9 Å². The number of allylic oxidation sites excluding steroid dienone is 6. The number of carboxylic acid groups (broad SMARTS) is 2. The van der Waals surface area contributed by atoms with Gasteiger partial charge in [-0.05, 0) is 136 Å².